The molecule has 0 bridgehead atoms. The second-order valence-corrected chi connectivity index (χ2v) is 5.40. The van der Waals surface area contributed by atoms with Crippen LogP contribution in [0, 0.1) is 5.92 Å². The van der Waals surface area contributed by atoms with Gasteiger partial charge < -0.3 is 10.6 Å². The molecular weight excluding hydrogens is 278 g/mol. The third kappa shape index (κ3) is 5.12. The second kappa shape index (κ2) is 8.07. The van der Waals surface area contributed by atoms with Crippen LogP contribution in [-0.2, 0) is 6.54 Å². The Hall–Kier alpha value is -2.50. The monoisotopic (exact) mass is 299 g/mol. The zero-order chi connectivity index (χ0) is 15.8. The molecule has 6 heteroatoms. The van der Waals surface area contributed by atoms with Gasteiger partial charge >= 0.3 is 0 Å². The first kappa shape index (κ1) is 15.9. The number of rotatable bonds is 7. The maximum Gasteiger partial charge on any atom is 0.271 e. The predicted molar refractivity (Wildman–Crippen MR) is 85.4 cm³/mol. The fourth-order valence-electron chi connectivity index (χ4n) is 1.79. The standard InChI is InChI=1S/C16H21N5O/c1-12(2)6-8-18-15-11-19-14(10-20-15)16(22)21-9-13-5-3-4-7-17-13/h3-5,7,10-12H,6,8-9H2,1-2H3,(H,18,20)(H,21,22). The molecule has 0 aromatic carbocycles. The molecule has 0 radical (unpaired) electrons. The Labute approximate surface area is 130 Å². The molecule has 1 amide bonds. The number of carbonyl (C=O) groups is 1. The molecule has 0 aliphatic heterocycles. The van der Waals surface area contributed by atoms with E-state index < -0.39 is 0 Å². The summed E-state index contributed by atoms with van der Waals surface area (Å²) in [7, 11) is 0. The van der Waals surface area contributed by atoms with E-state index in [1.807, 2.05) is 18.2 Å². The molecule has 116 valence electrons. The maximum absolute atomic E-state index is 12.0. The van der Waals surface area contributed by atoms with Gasteiger partial charge in [-0.15, -0.1) is 0 Å². The van der Waals surface area contributed by atoms with Crippen LogP contribution in [-0.4, -0.2) is 27.4 Å². The number of amides is 1. The summed E-state index contributed by atoms with van der Waals surface area (Å²) in [4.78, 5) is 24.4. The van der Waals surface area contributed by atoms with Gasteiger partial charge in [0.2, 0.25) is 0 Å². The van der Waals surface area contributed by atoms with Gasteiger partial charge in [0.1, 0.15) is 11.5 Å². The number of carbonyl (C=O) groups excluding carboxylic acids is 1. The van der Waals surface area contributed by atoms with Crippen LogP contribution in [0.5, 0.6) is 0 Å². The number of nitrogens with one attached hydrogen (secondary N) is 2. The first-order valence-corrected chi connectivity index (χ1v) is 7.39. The highest BCUT2D eigenvalue weighted by atomic mass is 16.1. The van der Waals surface area contributed by atoms with Crippen molar-refractivity contribution in [2.45, 2.75) is 26.8 Å². The van der Waals surface area contributed by atoms with Crippen molar-refractivity contribution in [3.63, 3.8) is 0 Å². The van der Waals surface area contributed by atoms with Gasteiger partial charge in [-0.1, -0.05) is 19.9 Å². The molecule has 0 aliphatic carbocycles. The Morgan fingerprint density at radius 2 is 2.05 bits per heavy atom. The van der Waals surface area contributed by atoms with E-state index in [-0.39, 0.29) is 5.91 Å². The molecule has 6 nitrogen and oxygen atoms in total. The lowest BCUT2D eigenvalue weighted by molar-refractivity contribution is 0.0945. The Balaban J connectivity index is 1.83. The van der Waals surface area contributed by atoms with Gasteiger partial charge in [0, 0.05) is 12.7 Å². The predicted octanol–water partition coefficient (Wildman–Crippen LogP) is 2.26. The third-order valence-electron chi connectivity index (χ3n) is 3.07. The molecule has 2 heterocycles. The number of aromatic nitrogens is 3. The fraction of sp³-hybridized carbons (Fsp3) is 0.375. The van der Waals surface area contributed by atoms with E-state index in [0.717, 1.165) is 18.7 Å². The summed E-state index contributed by atoms with van der Waals surface area (Å²) in [5.41, 5.74) is 1.10. The van der Waals surface area contributed by atoms with Gasteiger partial charge in [-0.3, -0.25) is 9.78 Å². The summed E-state index contributed by atoms with van der Waals surface area (Å²) in [6.07, 6.45) is 5.81. The molecule has 0 saturated heterocycles. The van der Waals surface area contributed by atoms with Gasteiger partial charge in [0.05, 0.1) is 24.6 Å². The van der Waals surface area contributed by atoms with Crippen molar-refractivity contribution in [2.75, 3.05) is 11.9 Å². The lowest BCUT2D eigenvalue weighted by Crippen LogP contribution is -2.24. The summed E-state index contributed by atoms with van der Waals surface area (Å²) in [5.74, 6) is 1.06. The zero-order valence-electron chi connectivity index (χ0n) is 12.9. The summed E-state index contributed by atoms with van der Waals surface area (Å²) in [5, 5.41) is 5.95. The minimum atomic E-state index is -0.258. The van der Waals surface area contributed by atoms with Crippen molar-refractivity contribution < 1.29 is 4.79 Å². The average Bonchev–Trinajstić information content (AvgIpc) is 2.54. The molecule has 0 saturated carbocycles. The normalized spacial score (nSPS) is 10.5. The number of anilines is 1. The van der Waals surface area contributed by atoms with Crippen LogP contribution < -0.4 is 10.6 Å². The third-order valence-corrected chi connectivity index (χ3v) is 3.07. The van der Waals surface area contributed by atoms with Crippen LogP contribution in [0.2, 0.25) is 0 Å². The highest BCUT2D eigenvalue weighted by Crippen LogP contribution is 2.04. The molecule has 22 heavy (non-hydrogen) atoms. The summed E-state index contributed by atoms with van der Waals surface area (Å²) >= 11 is 0. The zero-order valence-corrected chi connectivity index (χ0v) is 12.9. The SMILES string of the molecule is CC(C)CCNc1cnc(C(=O)NCc2ccccn2)cn1. The summed E-state index contributed by atoms with van der Waals surface area (Å²) < 4.78 is 0. The number of pyridine rings is 1. The lowest BCUT2D eigenvalue weighted by atomic mass is 10.1. The van der Waals surface area contributed by atoms with E-state index in [4.69, 9.17) is 0 Å². The quantitative estimate of drug-likeness (QED) is 0.819. The molecule has 2 aromatic rings. The van der Waals surface area contributed by atoms with Gasteiger partial charge in [-0.25, -0.2) is 9.97 Å². The van der Waals surface area contributed by atoms with Gasteiger partial charge in [-0.05, 0) is 24.5 Å². The molecular formula is C16H21N5O. The highest BCUT2D eigenvalue weighted by Gasteiger charge is 2.08. The van der Waals surface area contributed by atoms with Gasteiger partial charge in [0.15, 0.2) is 0 Å². The highest BCUT2D eigenvalue weighted by molar-refractivity contribution is 5.91. The van der Waals surface area contributed by atoms with Crippen LogP contribution in [0.1, 0.15) is 36.5 Å². The Morgan fingerprint density at radius 1 is 1.18 bits per heavy atom. The number of hydrogen-bond donors (Lipinski definition) is 2. The minimum absolute atomic E-state index is 0.258. The van der Waals surface area contributed by atoms with Crippen LogP contribution >= 0.6 is 0 Å². The second-order valence-electron chi connectivity index (χ2n) is 5.40. The molecule has 0 aliphatic rings. The van der Waals surface area contributed by atoms with Crippen LogP contribution in [0.15, 0.2) is 36.8 Å². The van der Waals surface area contributed by atoms with Crippen LogP contribution in [0.3, 0.4) is 0 Å². The summed E-state index contributed by atoms with van der Waals surface area (Å²) in [6.45, 7) is 5.55. The average molecular weight is 299 g/mol. The first-order valence-electron chi connectivity index (χ1n) is 7.39. The molecule has 0 fully saturated rings. The Bertz CT molecular complexity index is 583. The fourth-order valence-corrected chi connectivity index (χ4v) is 1.79. The smallest absolute Gasteiger partial charge is 0.271 e. The van der Waals surface area contributed by atoms with E-state index in [1.54, 1.807) is 12.4 Å². The van der Waals surface area contributed by atoms with E-state index >= 15 is 0 Å². The van der Waals surface area contributed by atoms with Crippen molar-refractivity contribution in [2.24, 2.45) is 5.92 Å². The largest absolute Gasteiger partial charge is 0.369 e. The van der Waals surface area contributed by atoms with Crippen molar-refractivity contribution in [1.82, 2.24) is 20.3 Å². The van der Waals surface area contributed by atoms with Crippen molar-refractivity contribution >= 4 is 11.7 Å². The van der Waals surface area contributed by atoms with E-state index in [2.05, 4.69) is 39.4 Å². The number of nitrogens with zero attached hydrogens (tertiary/aromatic N) is 3. The van der Waals surface area contributed by atoms with Gasteiger partial charge in [0.25, 0.3) is 5.91 Å². The number of hydrogen-bond acceptors (Lipinski definition) is 5. The molecule has 0 unspecified atom stereocenters. The molecule has 2 rings (SSSR count). The van der Waals surface area contributed by atoms with Crippen molar-refractivity contribution in [3.05, 3.63) is 48.2 Å². The van der Waals surface area contributed by atoms with Crippen LogP contribution in [0.4, 0.5) is 5.82 Å². The summed E-state index contributed by atoms with van der Waals surface area (Å²) in [6, 6.07) is 5.57. The molecule has 0 spiro atoms. The van der Waals surface area contributed by atoms with Crippen molar-refractivity contribution in [3.8, 4) is 0 Å². The van der Waals surface area contributed by atoms with E-state index in [0.29, 0.717) is 24.0 Å². The van der Waals surface area contributed by atoms with E-state index in [9.17, 15) is 4.79 Å². The molecule has 2 aromatic heterocycles. The Kier molecular flexibility index (Phi) is 5.82. The maximum atomic E-state index is 12.0. The minimum Gasteiger partial charge on any atom is -0.369 e. The van der Waals surface area contributed by atoms with Crippen LogP contribution in [0.25, 0.3) is 0 Å². The Morgan fingerprint density at radius 3 is 2.68 bits per heavy atom. The molecule has 2 N–H and O–H groups in total. The lowest BCUT2D eigenvalue weighted by Gasteiger charge is -2.08. The van der Waals surface area contributed by atoms with Crippen molar-refractivity contribution in [1.29, 1.82) is 0 Å². The topological polar surface area (TPSA) is 79.8 Å². The first-order chi connectivity index (χ1) is 10.6. The van der Waals surface area contributed by atoms with E-state index in [1.165, 1.54) is 6.20 Å². The molecule has 0 atom stereocenters. The van der Waals surface area contributed by atoms with Gasteiger partial charge in [-0.2, -0.15) is 0 Å².